The Bertz CT molecular complexity index is 560. The number of hydrogen-bond donors (Lipinski definition) is 1. The van der Waals surface area contributed by atoms with Crippen LogP contribution < -0.4 is 4.74 Å². The molecule has 0 bridgehead atoms. The Morgan fingerprint density at radius 2 is 2.16 bits per heavy atom. The summed E-state index contributed by atoms with van der Waals surface area (Å²) in [5.41, 5.74) is 2.33. The number of ether oxygens (including phenoxy) is 1. The Hall–Kier alpha value is -1.97. The maximum Gasteiger partial charge on any atom is 0.132 e. The Kier molecular flexibility index (Phi) is 3.15. The van der Waals surface area contributed by atoms with E-state index in [1.807, 2.05) is 6.33 Å². The first-order chi connectivity index (χ1) is 9.22. The van der Waals surface area contributed by atoms with Gasteiger partial charge in [-0.3, -0.25) is 0 Å². The van der Waals surface area contributed by atoms with Crippen molar-refractivity contribution in [3.8, 4) is 11.5 Å². The quantitative estimate of drug-likeness (QED) is 0.920. The second-order valence-corrected chi connectivity index (χ2v) is 5.21. The highest BCUT2D eigenvalue weighted by Gasteiger charge is 2.19. The number of aromatic hydroxyl groups is 1. The van der Waals surface area contributed by atoms with E-state index in [0.717, 1.165) is 30.3 Å². The number of fused-ring (bicyclic) bond motifs is 1. The lowest BCUT2D eigenvalue weighted by Crippen LogP contribution is -2.17. The Balaban J connectivity index is 1.70. The summed E-state index contributed by atoms with van der Waals surface area (Å²) in [6.07, 6.45) is 4.21. The van der Waals surface area contributed by atoms with Crippen molar-refractivity contribution in [2.24, 2.45) is 5.92 Å². The van der Waals surface area contributed by atoms with Crippen LogP contribution in [0, 0.1) is 5.92 Å². The van der Waals surface area contributed by atoms with Gasteiger partial charge in [-0.25, -0.2) is 4.98 Å². The molecule has 0 amide bonds. The lowest BCUT2D eigenvalue weighted by molar-refractivity contribution is 0.297. The standard InChI is InChI=1S/C15H18N2O2/c1-11-6-7-17-10-16-14(15(17)8-11)9-19-13-4-2-12(18)3-5-13/h2-5,10-11,18H,6-9H2,1H3. The highest BCUT2D eigenvalue weighted by molar-refractivity contribution is 5.30. The zero-order valence-electron chi connectivity index (χ0n) is 11.0. The van der Waals surface area contributed by atoms with Crippen LogP contribution in [0.3, 0.4) is 0 Å². The van der Waals surface area contributed by atoms with Gasteiger partial charge in [0.25, 0.3) is 0 Å². The van der Waals surface area contributed by atoms with Crippen molar-refractivity contribution in [1.82, 2.24) is 9.55 Å². The van der Waals surface area contributed by atoms with Gasteiger partial charge < -0.3 is 14.4 Å². The predicted octanol–water partition coefficient (Wildman–Crippen LogP) is 2.75. The monoisotopic (exact) mass is 258 g/mol. The molecular weight excluding hydrogens is 240 g/mol. The van der Waals surface area contributed by atoms with E-state index in [1.165, 1.54) is 12.1 Å². The smallest absolute Gasteiger partial charge is 0.132 e. The molecule has 2 heterocycles. The highest BCUT2D eigenvalue weighted by Crippen LogP contribution is 2.23. The average molecular weight is 258 g/mol. The Labute approximate surface area is 112 Å². The minimum Gasteiger partial charge on any atom is -0.508 e. The van der Waals surface area contributed by atoms with Crippen molar-refractivity contribution >= 4 is 0 Å². The van der Waals surface area contributed by atoms with E-state index in [1.54, 1.807) is 24.3 Å². The molecule has 1 aliphatic rings. The maximum atomic E-state index is 9.22. The van der Waals surface area contributed by atoms with Crippen molar-refractivity contribution in [1.29, 1.82) is 0 Å². The molecule has 1 N–H and O–H groups in total. The van der Waals surface area contributed by atoms with Crippen molar-refractivity contribution in [2.45, 2.75) is 32.9 Å². The molecular formula is C15H18N2O2. The molecule has 0 fully saturated rings. The van der Waals surface area contributed by atoms with E-state index in [4.69, 9.17) is 4.74 Å². The third kappa shape index (κ3) is 2.57. The fraction of sp³-hybridized carbons (Fsp3) is 0.400. The molecule has 4 nitrogen and oxygen atoms in total. The molecule has 4 heteroatoms. The SMILES string of the molecule is CC1CCn2cnc(COc3ccc(O)cc3)c2C1. The van der Waals surface area contributed by atoms with Crippen LogP contribution >= 0.6 is 0 Å². The zero-order valence-corrected chi connectivity index (χ0v) is 11.0. The molecule has 1 aromatic heterocycles. The molecule has 0 spiro atoms. The van der Waals surface area contributed by atoms with E-state index >= 15 is 0 Å². The third-order valence-corrected chi connectivity index (χ3v) is 3.65. The number of imidazole rings is 1. The lowest BCUT2D eigenvalue weighted by Gasteiger charge is -2.21. The minimum absolute atomic E-state index is 0.251. The van der Waals surface area contributed by atoms with Crippen LogP contribution in [0.4, 0.5) is 0 Å². The number of nitrogens with zero attached hydrogens (tertiary/aromatic N) is 2. The molecule has 1 aromatic carbocycles. The van der Waals surface area contributed by atoms with E-state index in [2.05, 4.69) is 16.5 Å². The molecule has 0 aliphatic carbocycles. The summed E-state index contributed by atoms with van der Waals surface area (Å²) in [5.74, 6) is 1.72. The summed E-state index contributed by atoms with van der Waals surface area (Å²) in [6, 6.07) is 6.78. The lowest BCUT2D eigenvalue weighted by atomic mass is 9.97. The molecule has 1 unspecified atom stereocenters. The maximum absolute atomic E-state index is 9.22. The first-order valence-corrected chi connectivity index (χ1v) is 6.67. The second-order valence-electron chi connectivity index (χ2n) is 5.21. The molecule has 1 aliphatic heterocycles. The van der Waals surface area contributed by atoms with Gasteiger partial charge in [0.15, 0.2) is 0 Å². The van der Waals surface area contributed by atoms with Crippen LogP contribution in [0.15, 0.2) is 30.6 Å². The summed E-state index contributed by atoms with van der Waals surface area (Å²) < 4.78 is 7.95. The molecule has 0 saturated carbocycles. The van der Waals surface area contributed by atoms with Gasteiger partial charge in [-0.2, -0.15) is 0 Å². The summed E-state index contributed by atoms with van der Waals surface area (Å²) in [7, 11) is 0. The van der Waals surface area contributed by atoms with Gasteiger partial charge in [0.2, 0.25) is 0 Å². The average Bonchev–Trinajstić information content (AvgIpc) is 2.80. The van der Waals surface area contributed by atoms with E-state index < -0.39 is 0 Å². The van der Waals surface area contributed by atoms with Crippen LogP contribution in [0.5, 0.6) is 11.5 Å². The summed E-state index contributed by atoms with van der Waals surface area (Å²) in [5, 5.41) is 9.22. The number of aromatic nitrogens is 2. The highest BCUT2D eigenvalue weighted by atomic mass is 16.5. The fourth-order valence-electron chi connectivity index (χ4n) is 2.48. The van der Waals surface area contributed by atoms with E-state index in [0.29, 0.717) is 6.61 Å². The van der Waals surface area contributed by atoms with Gasteiger partial charge in [0.05, 0.1) is 12.0 Å². The van der Waals surface area contributed by atoms with Gasteiger partial charge in [-0.1, -0.05) is 6.92 Å². The van der Waals surface area contributed by atoms with E-state index in [9.17, 15) is 5.11 Å². The van der Waals surface area contributed by atoms with Crippen LogP contribution in [0.2, 0.25) is 0 Å². The number of rotatable bonds is 3. The summed E-state index contributed by atoms with van der Waals surface area (Å²) in [6.45, 7) is 3.82. The van der Waals surface area contributed by atoms with Crippen LogP contribution in [-0.2, 0) is 19.6 Å². The topological polar surface area (TPSA) is 47.3 Å². The molecule has 2 aromatic rings. The number of phenols is 1. The number of hydrogen-bond acceptors (Lipinski definition) is 3. The first-order valence-electron chi connectivity index (χ1n) is 6.67. The summed E-state index contributed by atoms with van der Waals surface area (Å²) in [4.78, 5) is 4.45. The number of benzene rings is 1. The Morgan fingerprint density at radius 1 is 1.37 bits per heavy atom. The molecule has 0 radical (unpaired) electrons. The predicted molar refractivity (Wildman–Crippen MR) is 72.2 cm³/mol. The molecule has 3 rings (SSSR count). The Morgan fingerprint density at radius 3 is 2.95 bits per heavy atom. The minimum atomic E-state index is 0.251. The van der Waals surface area contributed by atoms with Crippen molar-refractivity contribution in [3.63, 3.8) is 0 Å². The van der Waals surface area contributed by atoms with Gasteiger partial charge in [-0.15, -0.1) is 0 Å². The van der Waals surface area contributed by atoms with Crippen LogP contribution in [-0.4, -0.2) is 14.7 Å². The molecule has 1 atom stereocenters. The van der Waals surface area contributed by atoms with Crippen LogP contribution in [0.1, 0.15) is 24.7 Å². The first kappa shape index (κ1) is 12.1. The van der Waals surface area contributed by atoms with E-state index in [-0.39, 0.29) is 5.75 Å². The largest absolute Gasteiger partial charge is 0.508 e. The third-order valence-electron chi connectivity index (χ3n) is 3.65. The van der Waals surface area contributed by atoms with Crippen molar-refractivity contribution < 1.29 is 9.84 Å². The zero-order chi connectivity index (χ0) is 13.2. The van der Waals surface area contributed by atoms with Crippen molar-refractivity contribution in [3.05, 3.63) is 42.0 Å². The number of aryl methyl sites for hydroxylation is 1. The van der Waals surface area contributed by atoms with Gasteiger partial charge in [0, 0.05) is 12.2 Å². The second kappa shape index (κ2) is 4.96. The summed E-state index contributed by atoms with van der Waals surface area (Å²) >= 11 is 0. The van der Waals surface area contributed by atoms with Gasteiger partial charge >= 0.3 is 0 Å². The number of phenolic OH excluding ortho intramolecular Hbond substituents is 1. The molecule has 100 valence electrons. The molecule has 19 heavy (non-hydrogen) atoms. The van der Waals surface area contributed by atoms with Gasteiger partial charge in [0.1, 0.15) is 18.1 Å². The van der Waals surface area contributed by atoms with Gasteiger partial charge in [-0.05, 0) is 43.0 Å². The molecule has 0 saturated heterocycles. The van der Waals surface area contributed by atoms with Crippen LogP contribution in [0.25, 0.3) is 0 Å². The normalized spacial score (nSPS) is 18.1. The van der Waals surface area contributed by atoms with Crippen molar-refractivity contribution in [2.75, 3.05) is 0 Å². The fourth-order valence-corrected chi connectivity index (χ4v) is 2.48.